The van der Waals surface area contributed by atoms with Crippen molar-refractivity contribution in [3.8, 4) is 0 Å². The number of aliphatic imine (C=N–C) groups is 1. The molecule has 0 heterocycles. The van der Waals surface area contributed by atoms with Crippen molar-refractivity contribution >= 4 is 18.5 Å². The molecule has 0 radical (unpaired) electrons. The summed E-state index contributed by atoms with van der Waals surface area (Å²) >= 11 is 0. The first-order valence-corrected chi connectivity index (χ1v) is 4.84. The Balaban J connectivity index is 3.48. The van der Waals surface area contributed by atoms with E-state index in [0.717, 1.165) is 11.3 Å². The van der Waals surface area contributed by atoms with E-state index in [0.29, 0.717) is 5.92 Å². The third-order valence-corrected chi connectivity index (χ3v) is 2.45. The SMILES string of the molecule is C=Cc1c(C)ccc(C(C)C)c1N=C. The molecule has 0 aromatic heterocycles. The summed E-state index contributed by atoms with van der Waals surface area (Å²) in [5.74, 6) is 0.467. The Labute approximate surface area is 86.2 Å². The van der Waals surface area contributed by atoms with Gasteiger partial charge in [0.25, 0.3) is 0 Å². The second-order valence-corrected chi connectivity index (χ2v) is 3.75. The summed E-state index contributed by atoms with van der Waals surface area (Å²) in [6, 6.07) is 4.23. The molecule has 1 aromatic carbocycles. The van der Waals surface area contributed by atoms with Crippen LogP contribution < -0.4 is 0 Å². The smallest absolute Gasteiger partial charge is 0.0731 e. The van der Waals surface area contributed by atoms with E-state index in [1.54, 1.807) is 0 Å². The Kier molecular flexibility index (Phi) is 3.23. The van der Waals surface area contributed by atoms with Gasteiger partial charge in [0.15, 0.2) is 0 Å². The summed E-state index contributed by atoms with van der Waals surface area (Å²) in [5, 5.41) is 0. The molecule has 14 heavy (non-hydrogen) atoms. The number of nitrogens with zero attached hydrogens (tertiary/aromatic N) is 1. The van der Waals surface area contributed by atoms with Crippen molar-refractivity contribution in [2.24, 2.45) is 4.99 Å². The Morgan fingerprint density at radius 1 is 1.36 bits per heavy atom. The second-order valence-electron chi connectivity index (χ2n) is 3.75. The first-order chi connectivity index (χ1) is 6.61. The molecule has 0 atom stereocenters. The van der Waals surface area contributed by atoms with E-state index in [1.165, 1.54) is 11.1 Å². The second kappa shape index (κ2) is 4.23. The minimum absolute atomic E-state index is 0.467. The highest BCUT2D eigenvalue weighted by molar-refractivity contribution is 5.71. The lowest BCUT2D eigenvalue weighted by Gasteiger charge is -2.13. The molecule has 74 valence electrons. The third-order valence-electron chi connectivity index (χ3n) is 2.45. The standard InChI is InChI=1S/C13H17N/c1-6-11-10(4)7-8-12(9(2)3)13(11)14-5/h6-9H,1,5H2,2-4H3. The van der Waals surface area contributed by atoms with Crippen LogP contribution in [0.1, 0.15) is 36.5 Å². The highest BCUT2D eigenvalue weighted by Gasteiger charge is 2.09. The molecule has 0 saturated carbocycles. The van der Waals surface area contributed by atoms with E-state index < -0.39 is 0 Å². The van der Waals surface area contributed by atoms with E-state index in [4.69, 9.17) is 0 Å². The van der Waals surface area contributed by atoms with E-state index in [1.807, 2.05) is 6.08 Å². The molecular formula is C13H17N. The molecule has 0 N–H and O–H groups in total. The Morgan fingerprint density at radius 2 is 2.00 bits per heavy atom. The number of aryl methyl sites for hydroxylation is 1. The summed E-state index contributed by atoms with van der Waals surface area (Å²) in [4.78, 5) is 4.10. The van der Waals surface area contributed by atoms with Crippen LogP contribution in [-0.2, 0) is 0 Å². The number of hydrogen-bond donors (Lipinski definition) is 0. The predicted octanol–water partition coefficient (Wildman–Crippen LogP) is 4.09. The normalized spacial score (nSPS) is 10.3. The average molecular weight is 187 g/mol. The van der Waals surface area contributed by atoms with Crippen LogP contribution in [0.15, 0.2) is 23.7 Å². The maximum absolute atomic E-state index is 4.10. The molecular weight excluding hydrogens is 170 g/mol. The average Bonchev–Trinajstić information content (AvgIpc) is 2.16. The van der Waals surface area contributed by atoms with Gasteiger partial charge >= 0.3 is 0 Å². The van der Waals surface area contributed by atoms with Gasteiger partial charge in [-0.15, -0.1) is 0 Å². The fraction of sp³-hybridized carbons (Fsp3) is 0.308. The van der Waals surface area contributed by atoms with Gasteiger partial charge in [0, 0.05) is 5.56 Å². The molecule has 0 aliphatic carbocycles. The molecule has 1 rings (SSSR count). The fourth-order valence-corrected chi connectivity index (χ4v) is 1.63. The van der Waals surface area contributed by atoms with Gasteiger partial charge in [-0.1, -0.05) is 38.6 Å². The van der Waals surface area contributed by atoms with Crippen LogP contribution >= 0.6 is 0 Å². The van der Waals surface area contributed by atoms with Gasteiger partial charge in [-0.3, -0.25) is 4.99 Å². The molecule has 1 aromatic rings. The lowest BCUT2D eigenvalue weighted by atomic mass is 9.95. The molecule has 0 bridgehead atoms. The maximum atomic E-state index is 4.10. The Bertz CT molecular complexity index is 362. The van der Waals surface area contributed by atoms with E-state index in [-0.39, 0.29) is 0 Å². The van der Waals surface area contributed by atoms with Crippen LogP contribution in [0.5, 0.6) is 0 Å². The molecule has 0 saturated heterocycles. The monoisotopic (exact) mass is 187 g/mol. The lowest BCUT2D eigenvalue weighted by molar-refractivity contribution is 0.866. The minimum Gasteiger partial charge on any atom is -0.264 e. The highest BCUT2D eigenvalue weighted by Crippen LogP contribution is 2.32. The van der Waals surface area contributed by atoms with Gasteiger partial charge in [-0.2, -0.15) is 0 Å². The predicted molar refractivity (Wildman–Crippen MR) is 64.6 cm³/mol. The summed E-state index contributed by atoms with van der Waals surface area (Å²) in [7, 11) is 0. The maximum Gasteiger partial charge on any atom is 0.0731 e. The molecule has 0 aliphatic heterocycles. The lowest BCUT2D eigenvalue weighted by Crippen LogP contribution is -1.92. The van der Waals surface area contributed by atoms with Crippen molar-refractivity contribution in [2.45, 2.75) is 26.7 Å². The molecule has 1 heteroatoms. The largest absolute Gasteiger partial charge is 0.264 e. The number of hydrogen-bond acceptors (Lipinski definition) is 1. The van der Waals surface area contributed by atoms with Crippen molar-refractivity contribution < 1.29 is 0 Å². The van der Waals surface area contributed by atoms with Gasteiger partial charge < -0.3 is 0 Å². The van der Waals surface area contributed by atoms with Crippen LogP contribution in [0.25, 0.3) is 6.08 Å². The van der Waals surface area contributed by atoms with Crippen LogP contribution in [0.4, 0.5) is 5.69 Å². The zero-order valence-electron chi connectivity index (χ0n) is 9.17. The van der Waals surface area contributed by atoms with Crippen molar-refractivity contribution in [1.82, 2.24) is 0 Å². The Morgan fingerprint density at radius 3 is 2.43 bits per heavy atom. The van der Waals surface area contributed by atoms with Gasteiger partial charge in [0.1, 0.15) is 0 Å². The van der Waals surface area contributed by atoms with Gasteiger partial charge in [-0.05, 0) is 30.7 Å². The molecule has 1 nitrogen and oxygen atoms in total. The van der Waals surface area contributed by atoms with Crippen LogP contribution in [0.2, 0.25) is 0 Å². The highest BCUT2D eigenvalue weighted by atomic mass is 14.7. The molecule has 0 aliphatic rings. The van der Waals surface area contributed by atoms with Gasteiger partial charge in [0.2, 0.25) is 0 Å². The van der Waals surface area contributed by atoms with Crippen molar-refractivity contribution in [1.29, 1.82) is 0 Å². The zero-order valence-corrected chi connectivity index (χ0v) is 9.17. The van der Waals surface area contributed by atoms with E-state index in [9.17, 15) is 0 Å². The summed E-state index contributed by atoms with van der Waals surface area (Å²) < 4.78 is 0. The van der Waals surface area contributed by atoms with Crippen LogP contribution in [0, 0.1) is 6.92 Å². The fourth-order valence-electron chi connectivity index (χ4n) is 1.63. The third kappa shape index (κ3) is 1.77. The quantitative estimate of drug-likeness (QED) is 0.632. The van der Waals surface area contributed by atoms with Gasteiger partial charge in [-0.25, -0.2) is 0 Å². The molecule has 0 unspecified atom stereocenters. The first kappa shape index (κ1) is 10.7. The summed E-state index contributed by atoms with van der Waals surface area (Å²) in [6.07, 6.45) is 1.85. The van der Waals surface area contributed by atoms with Gasteiger partial charge in [0.05, 0.1) is 5.69 Å². The van der Waals surface area contributed by atoms with E-state index in [2.05, 4.69) is 51.2 Å². The Hall–Kier alpha value is -1.37. The minimum atomic E-state index is 0.467. The van der Waals surface area contributed by atoms with Crippen molar-refractivity contribution in [3.63, 3.8) is 0 Å². The van der Waals surface area contributed by atoms with E-state index >= 15 is 0 Å². The summed E-state index contributed by atoms with van der Waals surface area (Å²) in [6.45, 7) is 13.8. The molecule has 0 fully saturated rings. The van der Waals surface area contributed by atoms with Crippen molar-refractivity contribution in [3.05, 3.63) is 35.4 Å². The molecule has 0 amide bonds. The number of benzene rings is 1. The number of rotatable bonds is 3. The topological polar surface area (TPSA) is 12.4 Å². The zero-order chi connectivity index (χ0) is 10.7. The van der Waals surface area contributed by atoms with Crippen LogP contribution in [-0.4, -0.2) is 6.72 Å². The molecule has 0 spiro atoms. The first-order valence-electron chi connectivity index (χ1n) is 4.84. The van der Waals surface area contributed by atoms with Crippen LogP contribution in [0.3, 0.4) is 0 Å². The summed E-state index contributed by atoms with van der Waals surface area (Å²) in [5.41, 5.74) is 4.52. The van der Waals surface area contributed by atoms with Crippen molar-refractivity contribution in [2.75, 3.05) is 0 Å².